The van der Waals surface area contributed by atoms with Gasteiger partial charge in [-0.15, -0.1) is 0 Å². The summed E-state index contributed by atoms with van der Waals surface area (Å²) in [4.78, 5) is 30.2. The molecule has 2 aliphatic rings. The van der Waals surface area contributed by atoms with Gasteiger partial charge in [0.15, 0.2) is 0 Å². The van der Waals surface area contributed by atoms with Crippen molar-refractivity contribution < 1.29 is 19.1 Å². The maximum absolute atomic E-state index is 13.4. The fourth-order valence-electron chi connectivity index (χ4n) is 4.60. The highest BCUT2D eigenvalue weighted by Gasteiger charge is 2.31. The molecule has 0 spiro atoms. The molecule has 0 bridgehead atoms. The molecule has 1 N–H and O–H groups in total. The summed E-state index contributed by atoms with van der Waals surface area (Å²) in [5, 5.41) is 2.92. The first-order valence-electron chi connectivity index (χ1n) is 12.5. The standard InChI is InChI=1S/C28H37N3O4/c1-19-15-31(16-21-10-11-21)20(2)18-35-25-14-23(29-27(32)22-8-6-5-7-9-22)12-13-24(25)28(33)30(3)17-26(19)34-4/h5-9,12-14,19-21,26H,10-11,15-18H2,1-4H3,(H,29,32)/t19-,20-,26+/m1/s1. The molecule has 0 unspecified atom stereocenters. The molecule has 4 rings (SSSR count). The molecule has 1 saturated carbocycles. The number of ether oxygens (including phenoxy) is 2. The van der Waals surface area contributed by atoms with Crippen LogP contribution in [0.3, 0.4) is 0 Å². The van der Waals surface area contributed by atoms with Crippen molar-refractivity contribution in [3.05, 3.63) is 59.7 Å². The Labute approximate surface area is 208 Å². The van der Waals surface area contributed by atoms with Gasteiger partial charge in [0.05, 0.1) is 11.7 Å². The van der Waals surface area contributed by atoms with Crippen LogP contribution < -0.4 is 10.1 Å². The summed E-state index contributed by atoms with van der Waals surface area (Å²) >= 11 is 0. The number of nitrogens with one attached hydrogen (secondary N) is 1. The number of likely N-dealkylation sites (N-methyl/N-ethyl adjacent to an activating group) is 1. The summed E-state index contributed by atoms with van der Waals surface area (Å²) < 4.78 is 12.1. The number of rotatable bonds is 5. The van der Waals surface area contributed by atoms with Gasteiger partial charge in [-0.1, -0.05) is 25.1 Å². The van der Waals surface area contributed by atoms with Crippen molar-refractivity contribution in [1.29, 1.82) is 0 Å². The number of hydrogen-bond acceptors (Lipinski definition) is 5. The second-order valence-electron chi connectivity index (χ2n) is 10.0. The quantitative estimate of drug-likeness (QED) is 0.698. The number of methoxy groups -OCH3 is 1. The van der Waals surface area contributed by atoms with Gasteiger partial charge in [-0.2, -0.15) is 0 Å². The lowest BCUT2D eigenvalue weighted by Gasteiger charge is -2.36. The van der Waals surface area contributed by atoms with E-state index in [4.69, 9.17) is 9.47 Å². The van der Waals surface area contributed by atoms with E-state index in [-0.39, 0.29) is 29.9 Å². The van der Waals surface area contributed by atoms with Crippen molar-refractivity contribution in [2.75, 3.05) is 45.7 Å². The molecule has 7 heteroatoms. The first-order chi connectivity index (χ1) is 16.9. The summed E-state index contributed by atoms with van der Waals surface area (Å²) in [6, 6.07) is 14.5. The van der Waals surface area contributed by atoms with Gasteiger partial charge >= 0.3 is 0 Å². The van der Waals surface area contributed by atoms with E-state index in [0.717, 1.165) is 19.0 Å². The average Bonchev–Trinajstić information content (AvgIpc) is 3.69. The second kappa shape index (κ2) is 11.2. The van der Waals surface area contributed by atoms with Crippen molar-refractivity contribution in [2.24, 2.45) is 11.8 Å². The highest BCUT2D eigenvalue weighted by atomic mass is 16.5. The van der Waals surface area contributed by atoms with Crippen LogP contribution in [0.2, 0.25) is 0 Å². The SMILES string of the molecule is CO[C@H]1CN(C)C(=O)c2ccc(NC(=O)c3ccccc3)cc2OC[C@@H](C)N(CC2CC2)C[C@H]1C. The van der Waals surface area contributed by atoms with E-state index >= 15 is 0 Å². The van der Waals surface area contributed by atoms with Crippen LogP contribution in [-0.2, 0) is 4.74 Å². The van der Waals surface area contributed by atoms with Crippen LogP contribution in [0.4, 0.5) is 5.69 Å². The molecular formula is C28H37N3O4. The van der Waals surface area contributed by atoms with Gasteiger partial charge in [0.25, 0.3) is 11.8 Å². The number of anilines is 1. The first kappa shape index (κ1) is 25.2. The molecule has 1 fully saturated rings. The lowest BCUT2D eigenvalue weighted by atomic mass is 10.0. The maximum Gasteiger partial charge on any atom is 0.257 e. The van der Waals surface area contributed by atoms with Crippen LogP contribution >= 0.6 is 0 Å². The largest absolute Gasteiger partial charge is 0.491 e. The minimum Gasteiger partial charge on any atom is -0.491 e. The number of carbonyl (C=O) groups is 2. The van der Waals surface area contributed by atoms with Gasteiger partial charge in [-0.25, -0.2) is 0 Å². The maximum atomic E-state index is 13.4. The number of carbonyl (C=O) groups excluding carboxylic acids is 2. The minimum absolute atomic E-state index is 0.0638. The molecule has 0 saturated heterocycles. The van der Waals surface area contributed by atoms with Crippen molar-refractivity contribution in [3.63, 3.8) is 0 Å². The van der Waals surface area contributed by atoms with Gasteiger partial charge in [0, 0.05) is 57.2 Å². The lowest BCUT2D eigenvalue weighted by Crippen LogP contribution is -2.47. The van der Waals surface area contributed by atoms with Crippen molar-refractivity contribution >= 4 is 17.5 Å². The Kier molecular flexibility index (Phi) is 8.08. The zero-order valence-corrected chi connectivity index (χ0v) is 21.2. The Morgan fingerprint density at radius 1 is 1.11 bits per heavy atom. The van der Waals surface area contributed by atoms with Gasteiger partial charge in [-0.05, 0) is 55.9 Å². The predicted molar refractivity (Wildman–Crippen MR) is 137 cm³/mol. The van der Waals surface area contributed by atoms with Crippen LogP contribution in [-0.4, -0.2) is 74.2 Å². The van der Waals surface area contributed by atoms with Crippen LogP contribution in [0.1, 0.15) is 47.4 Å². The Bertz CT molecular complexity index is 1020. The summed E-state index contributed by atoms with van der Waals surface area (Å²) in [6.45, 7) is 7.27. The number of amides is 2. The van der Waals surface area contributed by atoms with E-state index in [9.17, 15) is 9.59 Å². The molecule has 3 atom stereocenters. The summed E-state index contributed by atoms with van der Waals surface area (Å²) in [6.07, 6.45) is 2.51. The Morgan fingerprint density at radius 3 is 2.54 bits per heavy atom. The fraction of sp³-hybridized carbons (Fsp3) is 0.500. The van der Waals surface area contributed by atoms with Crippen LogP contribution in [0.5, 0.6) is 5.75 Å². The van der Waals surface area contributed by atoms with E-state index < -0.39 is 0 Å². The number of benzene rings is 2. The third-order valence-corrected chi connectivity index (χ3v) is 7.06. The van der Waals surface area contributed by atoms with E-state index in [1.165, 1.54) is 12.8 Å². The molecule has 1 aliphatic carbocycles. The minimum atomic E-state index is -0.206. The average molecular weight is 480 g/mol. The number of fused-ring (bicyclic) bond motifs is 1. The molecule has 1 heterocycles. The summed E-state index contributed by atoms with van der Waals surface area (Å²) in [5.74, 6) is 1.18. The predicted octanol–water partition coefficient (Wildman–Crippen LogP) is 4.15. The van der Waals surface area contributed by atoms with Crippen LogP contribution in [0.25, 0.3) is 0 Å². The van der Waals surface area contributed by atoms with Gasteiger partial charge in [-0.3, -0.25) is 14.5 Å². The number of hydrogen-bond donors (Lipinski definition) is 1. The van der Waals surface area contributed by atoms with E-state index in [1.807, 2.05) is 18.2 Å². The molecule has 2 aromatic carbocycles. The van der Waals surface area contributed by atoms with Crippen molar-refractivity contribution in [1.82, 2.24) is 9.80 Å². The van der Waals surface area contributed by atoms with Gasteiger partial charge in [0.2, 0.25) is 0 Å². The normalized spacial score (nSPS) is 24.1. The Balaban J connectivity index is 1.60. The number of nitrogens with zero attached hydrogens (tertiary/aromatic N) is 2. The molecule has 2 amide bonds. The molecule has 1 aliphatic heterocycles. The molecule has 2 aromatic rings. The third kappa shape index (κ3) is 6.41. The van der Waals surface area contributed by atoms with E-state index in [0.29, 0.717) is 35.7 Å². The molecule has 188 valence electrons. The first-order valence-corrected chi connectivity index (χ1v) is 12.5. The van der Waals surface area contributed by atoms with Gasteiger partial charge in [0.1, 0.15) is 12.4 Å². The Morgan fingerprint density at radius 2 is 1.86 bits per heavy atom. The van der Waals surface area contributed by atoms with Crippen molar-refractivity contribution in [2.45, 2.75) is 38.8 Å². The molecule has 35 heavy (non-hydrogen) atoms. The fourth-order valence-corrected chi connectivity index (χ4v) is 4.60. The third-order valence-electron chi connectivity index (χ3n) is 7.06. The lowest BCUT2D eigenvalue weighted by molar-refractivity contribution is 0.00994. The molecule has 0 radical (unpaired) electrons. The summed E-state index contributed by atoms with van der Waals surface area (Å²) in [5.41, 5.74) is 1.64. The zero-order valence-electron chi connectivity index (χ0n) is 21.2. The van der Waals surface area contributed by atoms with E-state index in [2.05, 4.69) is 24.1 Å². The Hall–Kier alpha value is -2.90. The molecular weight excluding hydrogens is 442 g/mol. The van der Waals surface area contributed by atoms with Crippen LogP contribution in [0.15, 0.2) is 48.5 Å². The molecule has 7 nitrogen and oxygen atoms in total. The summed E-state index contributed by atoms with van der Waals surface area (Å²) in [7, 11) is 3.52. The zero-order chi connectivity index (χ0) is 24.9. The monoisotopic (exact) mass is 479 g/mol. The highest BCUT2D eigenvalue weighted by Crippen LogP contribution is 2.32. The van der Waals surface area contributed by atoms with Crippen molar-refractivity contribution in [3.8, 4) is 5.75 Å². The second-order valence-corrected chi connectivity index (χ2v) is 10.0. The molecule has 0 aromatic heterocycles. The van der Waals surface area contributed by atoms with E-state index in [1.54, 1.807) is 49.4 Å². The smallest absolute Gasteiger partial charge is 0.257 e. The highest BCUT2D eigenvalue weighted by molar-refractivity contribution is 6.05. The van der Waals surface area contributed by atoms with Crippen LogP contribution in [0, 0.1) is 11.8 Å². The van der Waals surface area contributed by atoms with Gasteiger partial charge < -0.3 is 19.7 Å². The topological polar surface area (TPSA) is 71.1 Å².